The highest BCUT2D eigenvalue weighted by atomic mass is 32.1. The standard InChI is InChI=1S/C18H19N3OS/c1-13-5-3-4-6-15(13)7-8-17(22)20-16-9-10-21(11-16)18-19-14(2)12-23-18/h3-6,12,16H,9-11H2,1-2H3,(H,20,22). The van der Waals surface area contributed by atoms with Crippen molar-refractivity contribution >= 4 is 22.4 Å². The van der Waals surface area contributed by atoms with Gasteiger partial charge >= 0.3 is 0 Å². The predicted molar refractivity (Wildman–Crippen MR) is 93.7 cm³/mol. The fourth-order valence-electron chi connectivity index (χ4n) is 2.60. The van der Waals surface area contributed by atoms with Crippen LogP contribution in [0.4, 0.5) is 5.13 Å². The number of thiazole rings is 1. The molecule has 0 bridgehead atoms. The van der Waals surface area contributed by atoms with E-state index < -0.39 is 0 Å². The van der Waals surface area contributed by atoms with Gasteiger partial charge < -0.3 is 10.2 Å². The van der Waals surface area contributed by atoms with Crippen LogP contribution in [0.15, 0.2) is 29.6 Å². The Morgan fingerprint density at radius 1 is 1.39 bits per heavy atom. The fraction of sp³-hybridized carbons (Fsp3) is 0.333. The van der Waals surface area contributed by atoms with Gasteiger partial charge in [-0.15, -0.1) is 11.3 Å². The molecule has 1 aliphatic rings. The maximum atomic E-state index is 12.0. The number of rotatable bonds is 2. The summed E-state index contributed by atoms with van der Waals surface area (Å²) in [5.41, 5.74) is 3.02. The number of benzene rings is 1. The van der Waals surface area contributed by atoms with Crippen molar-refractivity contribution in [3.05, 3.63) is 46.5 Å². The number of aromatic nitrogens is 1. The molecule has 1 unspecified atom stereocenters. The molecule has 1 aromatic carbocycles. The molecule has 0 radical (unpaired) electrons. The zero-order valence-electron chi connectivity index (χ0n) is 13.3. The Hall–Kier alpha value is -2.32. The van der Waals surface area contributed by atoms with Crippen molar-refractivity contribution in [1.29, 1.82) is 0 Å². The lowest BCUT2D eigenvalue weighted by Gasteiger charge is -2.14. The second-order valence-electron chi connectivity index (χ2n) is 5.74. The second kappa shape index (κ2) is 6.84. The third-order valence-electron chi connectivity index (χ3n) is 3.86. The van der Waals surface area contributed by atoms with E-state index in [4.69, 9.17) is 0 Å². The number of hydrogen-bond acceptors (Lipinski definition) is 4. The average Bonchev–Trinajstić information content (AvgIpc) is 3.15. The largest absolute Gasteiger partial charge is 0.346 e. The molecule has 1 N–H and O–H groups in total. The third kappa shape index (κ3) is 3.91. The maximum absolute atomic E-state index is 12.0. The van der Waals surface area contributed by atoms with Crippen molar-refractivity contribution < 1.29 is 4.79 Å². The molecule has 0 spiro atoms. The molecule has 1 aromatic heterocycles. The van der Waals surface area contributed by atoms with E-state index in [9.17, 15) is 4.79 Å². The Morgan fingerprint density at radius 2 is 2.22 bits per heavy atom. The summed E-state index contributed by atoms with van der Waals surface area (Å²) in [5.74, 6) is 5.43. The van der Waals surface area contributed by atoms with Crippen molar-refractivity contribution in [2.24, 2.45) is 0 Å². The summed E-state index contributed by atoms with van der Waals surface area (Å²) in [5, 5.41) is 6.08. The van der Waals surface area contributed by atoms with Gasteiger partial charge in [-0.1, -0.05) is 24.1 Å². The van der Waals surface area contributed by atoms with Crippen LogP contribution in [-0.4, -0.2) is 30.0 Å². The van der Waals surface area contributed by atoms with Crippen LogP contribution in [0, 0.1) is 25.7 Å². The van der Waals surface area contributed by atoms with E-state index in [1.54, 1.807) is 11.3 Å². The molecule has 1 aliphatic heterocycles. The van der Waals surface area contributed by atoms with Crippen LogP contribution in [0.25, 0.3) is 0 Å². The summed E-state index contributed by atoms with van der Waals surface area (Å²) in [7, 11) is 0. The monoisotopic (exact) mass is 325 g/mol. The first-order chi connectivity index (χ1) is 11.1. The highest BCUT2D eigenvalue weighted by Gasteiger charge is 2.25. The molecule has 0 saturated carbocycles. The number of carbonyl (C=O) groups is 1. The second-order valence-corrected chi connectivity index (χ2v) is 6.58. The van der Waals surface area contributed by atoms with E-state index in [0.29, 0.717) is 0 Å². The average molecular weight is 325 g/mol. The van der Waals surface area contributed by atoms with Crippen LogP contribution in [0.3, 0.4) is 0 Å². The van der Waals surface area contributed by atoms with Gasteiger partial charge in [0.15, 0.2) is 5.13 Å². The molecule has 23 heavy (non-hydrogen) atoms. The summed E-state index contributed by atoms with van der Waals surface area (Å²) >= 11 is 1.65. The SMILES string of the molecule is Cc1csc(N2CCC(NC(=O)C#Cc3ccccc3C)C2)n1. The van der Waals surface area contributed by atoms with E-state index in [1.807, 2.05) is 38.1 Å². The van der Waals surface area contributed by atoms with E-state index in [-0.39, 0.29) is 11.9 Å². The predicted octanol–water partition coefficient (Wildman–Crippen LogP) is 2.51. The molecule has 5 heteroatoms. The number of aryl methyl sites for hydroxylation is 2. The van der Waals surface area contributed by atoms with Gasteiger partial charge in [-0.05, 0) is 31.9 Å². The quantitative estimate of drug-likeness (QED) is 0.863. The van der Waals surface area contributed by atoms with Gasteiger partial charge in [-0.2, -0.15) is 0 Å². The van der Waals surface area contributed by atoms with Crippen molar-refractivity contribution in [3.8, 4) is 11.8 Å². The number of amides is 1. The molecule has 2 heterocycles. The highest BCUT2D eigenvalue weighted by Crippen LogP contribution is 2.24. The Kier molecular flexibility index (Phi) is 4.63. The van der Waals surface area contributed by atoms with Gasteiger partial charge in [0.25, 0.3) is 5.91 Å². The van der Waals surface area contributed by atoms with Crippen LogP contribution in [0.2, 0.25) is 0 Å². The molecule has 1 atom stereocenters. The van der Waals surface area contributed by atoms with E-state index >= 15 is 0 Å². The van der Waals surface area contributed by atoms with Crippen molar-refractivity contribution in [1.82, 2.24) is 10.3 Å². The van der Waals surface area contributed by atoms with E-state index in [0.717, 1.165) is 41.5 Å². The maximum Gasteiger partial charge on any atom is 0.296 e. The Morgan fingerprint density at radius 3 is 2.96 bits per heavy atom. The topological polar surface area (TPSA) is 45.2 Å². The minimum atomic E-state index is -0.213. The molecule has 1 amide bonds. The normalized spacial score (nSPS) is 16.8. The van der Waals surface area contributed by atoms with Crippen molar-refractivity contribution in [2.75, 3.05) is 18.0 Å². The number of nitrogens with one attached hydrogen (secondary N) is 1. The third-order valence-corrected chi connectivity index (χ3v) is 4.88. The summed E-state index contributed by atoms with van der Waals surface area (Å²) in [6.07, 6.45) is 0.927. The van der Waals surface area contributed by atoms with Gasteiger partial charge in [0.2, 0.25) is 0 Å². The zero-order valence-corrected chi connectivity index (χ0v) is 14.1. The van der Waals surface area contributed by atoms with E-state index in [2.05, 4.69) is 32.4 Å². The van der Waals surface area contributed by atoms with Gasteiger partial charge in [0, 0.05) is 36.0 Å². The van der Waals surface area contributed by atoms with E-state index in [1.165, 1.54) is 0 Å². The number of anilines is 1. The molecular formula is C18H19N3OS. The van der Waals surface area contributed by atoms with Crippen LogP contribution in [0.1, 0.15) is 23.2 Å². The minimum Gasteiger partial charge on any atom is -0.346 e. The lowest BCUT2D eigenvalue weighted by atomic mass is 10.1. The van der Waals surface area contributed by atoms with Gasteiger partial charge in [-0.25, -0.2) is 4.98 Å². The molecule has 3 rings (SSSR count). The van der Waals surface area contributed by atoms with Crippen LogP contribution in [-0.2, 0) is 4.79 Å². The first kappa shape index (κ1) is 15.6. The van der Waals surface area contributed by atoms with Crippen molar-refractivity contribution in [2.45, 2.75) is 26.3 Å². The summed E-state index contributed by atoms with van der Waals surface area (Å²) in [6.45, 7) is 5.71. The summed E-state index contributed by atoms with van der Waals surface area (Å²) in [4.78, 5) is 18.7. The molecular weight excluding hydrogens is 306 g/mol. The van der Waals surface area contributed by atoms with Crippen LogP contribution < -0.4 is 10.2 Å². The Bertz CT molecular complexity index is 772. The summed E-state index contributed by atoms with van der Waals surface area (Å²) < 4.78 is 0. The van der Waals surface area contributed by atoms with Gasteiger partial charge in [0.05, 0.1) is 5.69 Å². The van der Waals surface area contributed by atoms with Crippen molar-refractivity contribution in [3.63, 3.8) is 0 Å². The molecule has 118 valence electrons. The molecule has 0 aliphatic carbocycles. The number of nitrogens with zero attached hydrogens (tertiary/aromatic N) is 2. The molecule has 1 fully saturated rings. The lowest BCUT2D eigenvalue weighted by molar-refractivity contribution is -0.116. The lowest BCUT2D eigenvalue weighted by Crippen LogP contribution is -2.36. The van der Waals surface area contributed by atoms with Crippen LogP contribution >= 0.6 is 11.3 Å². The van der Waals surface area contributed by atoms with Gasteiger partial charge in [0.1, 0.15) is 0 Å². The fourth-order valence-corrected chi connectivity index (χ4v) is 3.44. The number of carbonyl (C=O) groups excluding carboxylic acids is 1. The first-order valence-corrected chi connectivity index (χ1v) is 8.55. The smallest absolute Gasteiger partial charge is 0.296 e. The Balaban J connectivity index is 1.56. The summed E-state index contributed by atoms with van der Waals surface area (Å²) in [6, 6.07) is 7.95. The Labute approximate surface area is 140 Å². The van der Waals surface area contributed by atoms with Gasteiger partial charge in [-0.3, -0.25) is 4.79 Å². The molecule has 1 saturated heterocycles. The number of hydrogen-bond donors (Lipinski definition) is 1. The molecule has 4 nitrogen and oxygen atoms in total. The molecule has 2 aromatic rings. The first-order valence-electron chi connectivity index (χ1n) is 7.67. The zero-order chi connectivity index (χ0) is 16.2. The highest BCUT2D eigenvalue weighted by molar-refractivity contribution is 7.13. The minimum absolute atomic E-state index is 0.137. The van der Waals surface area contributed by atoms with Crippen LogP contribution in [0.5, 0.6) is 0 Å².